The van der Waals surface area contributed by atoms with Gasteiger partial charge < -0.3 is 4.90 Å². The van der Waals surface area contributed by atoms with E-state index < -0.39 is 0 Å². The summed E-state index contributed by atoms with van der Waals surface area (Å²) in [7, 11) is 6.00. The molecule has 0 heterocycles. The molecule has 1 nitrogen and oxygen atoms in total. The second kappa shape index (κ2) is 17.3. The number of nitrogens with zero attached hydrogens (tertiary/aromatic N) is 1. The molecule has 1 rings (SSSR count). The largest absolute Gasteiger partial charge is 0.312 e. The molecule has 140 valence electrons. The maximum atomic E-state index is 6.42. The van der Waals surface area contributed by atoms with Crippen LogP contribution in [0.4, 0.5) is 0 Å². The Morgan fingerprint density at radius 1 is 0.750 bits per heavy atom. The van der Waals surface area contributed by atoms with E-state index in [1.807, 2.05) is 32.1 Å². The quantitative estimate of drug-likeness (QED) is 0.278. The summed E-state index contributed by atoms with van der Waals surface area (Å²) < 4.78 is 0. The van der Waals surface area contributed by atoms with Crippen LogP contribution in [0, 0.1) is 0 Å². The molecule has 2 heteroatoms. The molecule has 0 saturated carbocycles. The van der Waals surface area contributed by atoms with Gasteiger partial charge in [-0.25, -0.2) is 0 Å². The molecule has 0 bridgehead atoms. The lowest BCUT2D eigenvalue weighted by atomic mass is 10.0. The van der Waals surface area contributed by atoms with E-state index in [0.29, 0.717) is 0 Å². The molecule has 0 aromatic heterocycles. The Balaban J connectivity index is 0.00000118. The minimum absolute atomic E-state index is 0.199. The third-order valence-electron chi connectivity index (χ3n) is 3.97. The first-order chi connectivity index (χ1) is 11.6. The number of alkyl halides is 1. The third kappa shape index (κ3) is 16.3. The third-order valence-corrected chi connectivity index (χ3v) is 4.44. The fourth-order valence-electron chi connectivity index (χ4n) is 2.64. The SMILES string of the molecule is CCCCCCCCCCCCC(Cl)c1ccccc1.CN(C)C. The zero-order valence-electron chi connectivity index (χ0n) is 16.6. The van der Waals surface area contributed by atoms with Gasteiger partial charge in [-0.15, -0.1) is 11.6 Å². The molecule has 0 aliphatic rings. The Labute approximate surface area is 156 Å². The lowest BCUT2D eigenvalue weighted by molar-refractivity contribution is 0.505. The average molecular weight is 354 g/mol. The molecular formula is C22H40ClN. The fourth-order valence-corrected chi connectivity index (χ4v) is 2.94. The Morgan fingerprint density at radius 3 is 1.62 bits per heavy atom. The molecule has 0 aliphatic carbocycles. The standard InChI is InChI=1S/C19H31Cl.C3H9N/c1-2-3-4-5-6-7-8-9-10-14-17-19(20)18-15-12-11-13-16-18;1-4(2)3/h11-13,15-16,19H,2-10,14,17H2,1H3;1-3H3. The Hall–Kier alpha value is -0.530. The minimum Gasteiger partial charge on any atom is -0.312 e. The van der Waals surface area contributed by atoms with Crippen LogP contribution in [0.3, 0.4) is 0 Å². The van der Waals surface area contributed by atoms with Crippen molar-refractivity contribution in [3.05, 3.63) is 35.9 Å². The first-order valence-electron chi connectivity index (χ1n) is 9.87. The van der Waals surface area contributed by atoms with E-state index >= 15 is 0 Å². The molecule has 0 radical (unpaired) electrons. The van der Waals surface area contributed by atoms with Crippen molar-refractivity contribution in [1.82, 2.24) is 4.90 Å². The van der Waals surface area contributed by atoms with Gasteiger partial charge in [0, 0.05) is 0 Å². The number of hydrogen-bond donors (Lipinski definition) is 0. The Kier molecular flexibility index (Phi) is 16.9. The summed E-state index contributed by atoms with van der Waals surface area (Å²) in [5, 5.41) is 0.199. The van der Waals surface area contributed by atoms with E-state index in [4.69, 9.17) is 11.6 Å². The summed E-state index contributed by atoms with van der Waals surface area (Å²) in [6, 6.07) is 10.5. The summed E-state index contributed by atoms with van der Waals surface area (Å²) >= 11 is 6.42. The number of benzene rings is 1. The van der Waals surface area contributed by atoms with Crippen LogP contribution in [0.25, 0.3) is 0 Å². The van der Waals surface area contributed by atoms with E-state index in [-0.39, 0.29) is 5.38 Å². The molecule has 0 aliphatic heterocycles. The highest BCUT2D eigenvalue weighted by Crippen LogP contribution is 2.26. The highest BCUT2D eigenvalue weighted by atomic mass is 35.5. The predicted octanol–water partition coefficient (Wildman–Crippen LogP) is 7.46. The van der Waals surface area contributed by atoms with Crippen molar-refractivity contribution in [1.29, 1.82) is 0 Å². The molecule has 0 amide bonds. The lowest BCUT2D eigenvalue weighted by Gasteiger charge is -2.09. The van der Waals surface area contributed by atoms with Gasteiger partial charge in [0.05, 0.1) is 5.38 Å². The van der Waals surface area contributed by atoms with Crippen LogP contribution in [-0.2, 0) is 0 Å². The summed E-state index contributed by atoms with van der Waals surface area (Å²) in [6.45, 7) is 2.28. The first-order valence-corrected chi connectivity index (χ1v) is 10.3. The van der Waals surface area contributed by atoms with Crippen LogP contribution in [0.5, 0.6) is 0 Å². The van der Waals surface area contributed by atoms with Crippen molar-refractivity contribution in [3.63, 3.8) is 0 Å². The van der Waals surface area contributed by atoms with Crippen LogP contribution in [0.2, 0.25) is 0 Å². The Morgan fingerprint density at radius 2 is 1.17 bits per heavy atom. The van der Waals surface area contributed by atoms with Gasteiger partial charge >= 0.3 is 0 Å². The second-order valence-electron chi connectivity index (χ2n) is 7.19. The number of halogens is 1. The van der Waals surface area contributed by atoms with Crippen LogP contribution in [0.15, 0.2) is 30.3 Å². The van der Waals surface area contributed by atoms with Crippen molar-refractivity contribution < 1.29 is 0 Å². The Bertz CT molecular complexity index is 347. The summed E-state index contributed by atoms with van der Waals surface area (Å²) in [4.78, 5) is 2.00. The molecule has 0 N–H and O–H groups in total. The lowest BCUT2D eigenvalue weighted by Crippen LogP contribution is -1.99. The summed E-state index contributed by atoms with van der Waals surface area (Å²) in [5.74, 6) is 0. The van der Waals surface area contributed by atoms with E-state index in [1.54, 1.807) is 0 Å². The maximum absolute atomic E-state index is 6.42. The van der Waals surface area contributed by atoms with E-state index in [0.717, 1.165) is 6.42 Å². The van der Waals surface area contributed by atoms with Crippen molar-refractivity contribution in [2.45, 2.75) is 82.9 Å². The highest BCUT2D eigenvalue weighted by molar-refractivity contribution is 6.20. The van der Waals surface area contributed by atoms with Crippen molar-refractivity contribution in [2.75, 3.05) is 21.1 Å². The van der Waals surface area contributed by atoms with Crippen molar-refractivity contribution >= 4 is 11.6 Å². The van der Waals surface area contributed by atoms with Crippen LogP contribution >= 0.6 is 11.6 Å². The maximum Gasteiger partial charge on any atom is 0.0585 e. The molecule has 1 aromatic carbocycles. The monoisotopic (exact) mass is 353 g/mol. The number of unbranched alkanes of at least 4 members (excludes halogenated alkanes) is 9. The molecule has 0 saturated heterocycles. The van der Waals surface area contributed by atoms with Gasteiger partial charge in [-0.3, -0.25) is 0 Å². The molecule has 1 atom stereocenters. The van der Waals surface area contributed by atoms with Gasteiger partial charge in [-0.05, 0) is 33.1 Å². The normalized spacial score (nSPS) is 11.9. The molecular weight excluding hydrogens is 314 g/mol. The summed E-state index contributed by atoms with van der Waals surface area (Å²) in [5.41, 5.74) is 1.27. The van der Waals surface area contributed by atoms with Gasteiger partial charge in [0.25, 0.3) is 0 Å². The predicted molar refractivity (Wildman–Crippen MR) is 111 cm³/mol. The first kappa shape index (κ1) is 23.5. The molecule has 0 spiro atoms. The number of rotatable bonds is 12. The number of hydrogen-bond acceptors (Lipinski definition) is 1. The highest BCUT2D eigenvalue weighted by Gasteiger charge is 2.06. The van der Waals surface area contributed by atoms with Crippen LogP contribution in [-0.4, -0.2) is 26.0 Å². The van der Waals surface area contributed by atoms with Crippen LogP contribution in [0.1, 0.15) is 88.5 Å². The van der Waals surface area contributed by atoms with Gasteiger partial charge in [-0.2, -0.15) is 0 Å². The smallest absolute Gasteiger partial charge is 0.0585 e. The topological polar surface area (TPSA) is 3.24 Å². The van der Waals surface area contributed by atoms with Crippen molar-refractivity contribution in [2.24, 2.45) is 0 Å². The van der Waals surface area contributed by atoms with Crippen molar-refractivity contribution in [3.8, 4) is 0 Å². The van der Waals surface area contributed by atoms with Gasteiger partial charge in [0.2, 0.25) is 0 Å². The van der Waals surface area contributed by atoms with E-state index in [1.165, 1.54) is 69.8 Å². The fraction of sp³-hybridized carbons (Fsp3) is 0.727. The van der Waals surface area contributed by atoms with E-state index in [2.05, 4.69) is 31.2 Å². The molecule has 1 unspecified atom stereocenters. The minimum atomic E-state index is 0.199. The molecule has 24 heavy (non-hydrogen) atoms. The second-order valence-corrected chi connectivity index (χ2v) is 7.72. The average Bonchev–Trinajstić information content (AvgIpc) is 2.56. The summed E-state index contributed by atoms with van der Waals surface area (Å²) in [6.07, 6.45) is 15.0. The zero-order valence-corrected chi connectivity index (χ0v) is 17.3. The van der Waals surface area contributed by atoms with Crippen LogP contribution < -0.4 is 0 Å². The van der Waals surface area contributed by atoms with Gasteiger partial charge in [0.15, 0.2) is 0 Å². The molecule has 1 aromatic rings. The van der Waals surface area contributed by atoms with Gasteiger partial charge in [0.1, 0.15) is 0 Å². The molecule has 0 fully saturated rings. The van der Waals surface area contributed by atoms with E-state index in [9.17, 15) is 0 Å². The zero-order chi connectivity index (χ0) is 18.0. The van der Waals surface area contributed by atoms with Gasteiger partial charge in [-0.1, -0.05) is 101 Å².